The summed E-state index contributed by atoms with van der Waals surface area (Å²) in [7, 11) is 0. The molecule has 14 N–H and O–H groups in total. The van der Waals surface area contributed by atoms with Crippen molar-refractivity contribution in [1.82, 2.24) is 0 Å². The lowest BCUT2D eigenvalue weighted by Crippen LogP contribution is -2.46. The Balaban J connectivity index is 1.38. The molecule has 264 valence electrons. The van der Waals surface area contributed by atoms with Crippen molar-refractivity contribution < 1.29 is 105 Å². The van der Waals surface area contributed by atoms with Crippen molar-refractivity contribution in [2.75, 3.05) is 26.4 Å². The van der Waals surface area contributed by atoms with E-state index in [0.29, 0.717) is 0 Å². The summed E-state index contributed by atoms with van der Waals surface area (Å²) in [6.07, 6.45) is -33.5. The van der Waals surface area contributed by atoms with E-state index in [1.54, 1.807) is 0 Å². The standard InChI is InChI=1S/C24H42O21/c25-1-5(29)17-10(31)14(35)22(43-17)40-7(3-27)19-12(33)16(37)24(45-19)41-8(4-28)20-11(32)15(36)23(44-20)39-6(2-26)18-9(30)13(34)21(38)42-18/h5-38H,1-4H2/t5?,6-,7-,8-,9-,10-,11-,12-,13-,14-,15-,16-,17+,18+,19+,20+,21-,22-,23-,24-/m1/s1. The van der Waals surface area contributed by atoms with Gasteiger partial charge in [0.05, 0.1) is 26.4 Å². The Morgan fingerprint density at radius 2 is 0.711 bits per heavy atom. The Kier molecular flexibility index (Phi) is 12.8. The van der Waals surface area contributed by atoms with Crippen LogP contribution < -0.4 is 0 Å². The monoisotopic (exact) mass is 666 g/mol. The summed E-state index contributed by atoms with van der Waals surface area (Å²) in [6.45, 7) is -3.48. The maximum atomic E-state index is 10.6. The van der Waals surface area contributed by atoms with Crippen LogP contribution in [0.15, 0.2) is 0 Å². The van der Waals surface area contributed by atoms with Gasteiger partial charge < -0.3 is 105 Å². The van der Waals surface area contributed by atoms with Crippen molar-refractivity contribution in [3.8, 4) is 0 Å². The van der Waals surface area contributed by atoms with Crippen LogP contribution in [-0.2, 0) is 33.2 Å². The van der Waals surface area contributed by atoms with Gasteiger partial charge in [-0.2, -0.15) is 0 Å². The molecule has 0 spiro atoms. The molecule has 45 heavy (non-hydrogen) atoms. The van der Waals surface area contributed by atoms with Gasteiger partial charge in [0.1, 0.15) is 97.7 Å². The van der Waals surface area contributed by atoms with Gasteiger partial charge in [-0.3, -0.25) is 0 Å². The van der Waals surface area contributed by atoms with E-state index < -0.39 is 149 Å². The molecule has 0 aromatic carbocycles. The van der Waals surface area contributed by atoms with Gasteiger partial charge in [0.15, 0.2) is 25.2 Å². The molecule has 4 fully saturated rings. The molecule has 0 aromatic heterocycles. The smallest absolute Gasteiger partial charge is 0.187 e. The second-order valence-corrected chi connectivity index (χ2v) is 11.1. The number of aliphatic hydroxyl groups excluding tert-OH is 14. The first-order valence-electron chi connectivity index (χ1n) is 14.1. The number of aliphatic hydroxyl groups is 14. The van der Waals surface area contributed by atoms with Gasteiger partial charge in [-0.25, -0.2) is 0 Å². The third-order valence-electron chi connectivity index (χ3n) is 8.18. The molecule has 4 heterocycles. The Hall–Kier alpha value is -0.840. The Morgan fingerprint density at radius 1 is 0.400 bits per heavy atom. The van der Waals surface area contributed by atoms with Crippen LogP contribution in [0.5, 0.6) is 0 Å². The zero-order chi connectivity index (χ0) is 33.3. The largest absolute Gasteiger partial charge is 0.394 e. The van der Waals surface area contributed by atoms with E-state index in [9.17, 15) is 66.4 Å². The summed E-state index contributed by atoms with van der Waals surface area (Å²) in [4.78, 5) is 0. The van der Waals surface area contributed by atoms with E-state index in [-0.39, 0.29) is 0 Å². The van der Waals surface area contributed by atoms with Crippen LogP contribution in [0, 0.1) is 0 Å². The maximum Gasteiger partial charge on any atom is 0.187 e. The number of hydrogen-bond donors (Lipinski definition) is 14. The molecule has 4 aliphatic rings. The first-order chi connectivity index (χ1) is 21.3. The van der Waals surface area contributed by atoms with Gasteiger partial charge in [-0.1, -0.05) is 0 Å². The molecular formula is C24H42O21. The lowest BCUT2D eigenvalue weighted by Gasteiger charge is -2.29. The molecule has 4 aliphatic heterocycles. The molecule has 4 rings (SSSR count). The molecule has 1 unspecified atom stereocenters. The highest BCUT2D eigenvalue weighted by Gasteiger charge is 2.55. The normalized spacial score (nSPS) is 48.1. The van der Waals surface area contributed by atoms with Crippen molar-refractivity contribution >= 4 is 0 Å². The molecule has 20 atom stereocenters. The summed E-state index contributed by atoms with van der Waals surface area (Å²) in [5.74, 6) is 0. The van der Waals surface area contributed by atoms with E-state index in [2.05, 4.69) is 0 Å². The minimum Gasteiger partial charge on any atom is -0.394 e. The lowest BCUT2D eigenvalue weighted by molar-refractivity contribution is -0.268. The molecule has 0 amide bonds. The van der Waals surface area contributed by atoms with Crippen molar-refractivity contribution in [2.45, 2.75) is 123 Å². The summed E-state index contributed by atoms with van der Waals surface area (Å²) in [5, 5.41) is 141. The number of ether oxygens (including phenoxy) is 7. The van der Waals surface area contributed by atoms with E-state index in [0.717, 1.165) is 0 Å². The Bertz CT molecular complexity index is 918. The van der Waals surface area contributed by atoms with E-state index in [1.807, 2.05) is 0 Å². The van der Waals surface area contributed by atoms with Gasteiger partial charge in [-0.05, 0) is 0 Å². The van der Waals surface area contributed by atoms with Crippen LogP contribution in [0.4, 0.5) is 0 Å². The van der Waals surface area contributed by atoms with Crippen molar-refractivity contribution in [3.05, 3.63) is 0 Å². The minimum atomic E-state index is -1.86. The first kappa shape index (κ1) is 37.0. The van der Waals surface area contributed by atoms with Gasteiger partial charge >= 0.3 is 0 Å². The second kappa shape index (κ2) is 15.6. The van der Waals surface area contributed by atoms with E-state index in [1.165, 1.54) is 0 Å². The summed E-state index contributed by atoms with van der Waals surface area (Å²) in [5.41, 5.74) is 0. The SMILES string of the molecule is OCC(O)[C@@H]1O[C@@H](O[C@H](CO)[C@@H]2O[C@@H](O[C@H](CO)[C@@H]3O[C@@H](O[C@H](CO)[C@@H]4O[C@@H](O)[C@H](O)[C@H]4O)[C@H](O)[C@H]3O)[C@H](O)[C@H]2O)[C@H](O)[C@H]1O. The van der Waals surface area contributed by atoms with Crippen LogP contribution in [0.3, 0.4) is 0 Å². The van der Waals surface area contributed by atoms with Crippen molar-refractivity contribution in [1.29, 1.82) is 0 Å². The average Bonchev–Trinajstić information content (AvgIpc) is 3.67. The predicted molar refractivity (Wildman–Crippen MR) is 134 cm³/mol. The van der Waals surface area contributed by atoms with Crippen molar-refractivity contribution in [2.24, 2.45) is 0 Å². The highest BCUT2D eigenvalue weighted by atomic mass is 16.8. The minimum absolute atomic E-state index is 0.816. The zero-order valence-electron chi connectivity index (χ0n) is 23.5. The maximum absolute atomic E-state index is 10.6. The summed E-state index contributed by atoms with van der Waals surface area (Å²) in [6, 6.07) is 0. The van der Waals surface area contributed by atoms with Gasteiger partial charge in [0, 0.05) is 0 Å². The van der Waals surface area contributed by atoms with Gasteiger partial charge in [0.2, 0.25) is 0 Å². The number of rotatable bonds is 14. The zero-order valence-corrected chi connectivity index (χ0v) is 23.5. The quantitative estimate of drug-likeness (QED) is 0.0818. The fourth-order valence-corrected chi connectivity index (χ4v) is 5.57. The first-order valence-corrected chi connectivity index (χ1v) is 14.1. The second-order valence-electron chi connectivity index (χ2n) is 11.1. The topological polar surface area (TPSA) is 348 Å². The fraction of sp³-hybridized carbons (Fsp3) is 1.00. The lowest BCUT2D eigenvalue weighted by atomic mass is 10.0. The molecule has 4 saturated heterocycles. The molecule has 21 nitrogen and oxygen atoms in total. The summed E-state index contributed by atoms with van der Waals surface area (Å²) >= 11 is 0. The number of hydrogen-bond acceptors (Lipinski definition) is 21. The average molecular weight is 667 g/mol. The van der Waals surface area contributed by atoms with Gasteiger partial charge in [0.25, 0.3) is 0 Å². The molecule has 0 bridgehead atoms. The van der Waals surface area contributed by atoms with Crippen LogP contribution in [0.1, 0.15) is 0 Å². The molecule has 0 radical (unpaired) electrons. The molecule has 0 saturated carbocycles. The predicted octanol–water partition coefficient (Wildman–Crippen LogP) is -9.75. The third-order valence-corrected chi connectivity index (χ3v) is 8.18. The van der Waals surface area contributed by atoms with Crippen molar-refractivity contribution in [3.63, 3.8) is 0 Å². The fourth-order valence-electron chi connectivity index (χ4n) is 5.57. The molecule has 21 heteroatoms. The van der Waals surface area contributed by atoms with Crippen LogP contribution in [0.25, 0.3) is 0 Å². The van der Waals surface area contributed by atoms with Gasteiger partial charge in [-0.15, -0.1) is 0 Å². The molecular weight excluding hydrogens is 624 g/mol. The Morgan fingerprint density at radius 3 is 1.02 bits per heavy atom. The van der Waals surface area contributed by atoms with E-state index >= 15 is 0 Å². The highest BCUT2D eigenvalue weighted by molar-refractivity contribution is 4.98. The van der Waals surface area contributed by atoms with E-state index in [4.69, 9.17) is 38.3 Å². The Labute approximate surface area is 254 Å². The third kappa shape index (κ3) is 7.44. The van der Waals surface area contributed by atoms with Crippen LogP contribution in [0.2, 0.25) is 0 Å². The molecule has 0 aliphatic carbocycles. The molecule has 0 aromatic rings. The summed E-state index contributed by atoms with van der Waals surface area (Å²) < 4.78 is 37.6. The van der Waals surface area contributed by atoms with Crippen LogP contribution >= 0.6 is 0 Å². The highest BCUT2D eigenvalue weighted by Crippen LogP contribution is 2.34. The van der Waals surface area contributed by atoms with Crippen LogP contribution in [-0.4, -0.2) is 221 Å².